The van der Waals surface area contributed by atoms with Gasteiger partial charge in [-0.25, -0.2) is 0 Å². The third kappa shape index (κ3) is 4.06. The number of benzene rings is 2. The largest absolute Gasteiger partial charge is 0.497 e. The van der Waals surface area contributed by atoms with Gasteiger partial charge in [-0.15, -0.1) is 0 Å². The van der Waals surface area contributed by atoms with Gasteiger partial charge in [-0.1, -0.05) is 23.7 Å². The highest BCUT2D eigenvalue weighted by molar-refractivity contribution is 6.32. The van der Waals surface area contributed by atoms with E-state index in [2.05, 4.69) is 10.3 Å². The van der Waals surface area contributed by atoms with Crippen LogP contribution in [0.3, 0.4) is 0 Å². The zero-order valence-corrected chi connectivity index (χ0v) is 17.8. The van der Waals surface area contributed by atoms with Crippen molar-refractivity contribution >= 4 is 28.4 Å². The molecule has 0 bridgehead atoms. The maximum atomic E-state index is 13.0. The molecular formula is C23H24ClN3O3. The van der Waals surface area contributed by atoms with Crippen LogP contribution in [0.1, 0.15) is 22.4 Å². The summed E-state index contributed by atoms with van der Waals surface area (Å²) in [5, 5.41) is 4.22. The predicted molar refractivity (Wildman–Crippen MR) is 118 cm³/mol. The number of nitrogens with one attached hydrogen (secondary N) is 2. The number of nitrogens with zero attached hydrogens (tertiary/aromatic N) is 1. The first-order valence-corrected chi connectivity index (χ1v) is 10.3. The van der Waals surface area contributed by atoms with E-state index in [1.54, 1.807) is 19.2 Å². The summed E-state index contributed by atoms with van der Waals surface area (Å²) in [4.78, 5) is 30.9. The number of halogens is 1. The SMILES string of the molecule is COc1cccc(CNC(=O)CN2CCc3[nH]c4c(C)c(Cl)ccc4c(=O)c3C2)c1. The molecule has 0 aliphatic carbocycles. The summed E-state index contributed by atoms with van der Waals surface area (Å²) in [7, 11) is 1.62. The Bertz CT molecular complexity index is 1170. The highest BCUT2D eigenvalue weighted by Crippen LogP contribution is 2.25. The zero-order chi connectivity index (χ0) is 21.3. The summed E-state index contributed by atoms with van der Waals surface area (Å²) in [6, 6.07) is 11.1. The lowest BCUT2D eigenvalue weighted by Gasteiger charge is -2.28. The first kappa shape index (κ1) is 20.4. The minimum atomic E-state index is -0.0684. The topological polar surface area (TPSA) is 74.4 Å². The molecular weight excluding hydrogens is 402 g/mol. The van der Waals surface area contributed by atoms with Crippen molar-refractivity contribution in [2.75, 3.05) is 20.2 Å². The van der Waals surface area contributed by atoms with Gasteiger partial charge in [-0.3, -0.25) is 14.5 Å². The Labute approximate surface area is 179 Å². The predicted octanol–water partition coefficient (Wildman–Crippen LogP) is 3.17. The Balaban J connectivity index is 1.45. The van der Waals surface area contributed by atoms with Crippen LogP contribution in [0.4, 0.5) is 0 Å². The number of hydrogen-bond donors (Lipinski definition) is 2. The number of H-pyrrole nitrogens is 1. The molecule has 156 valence electrons. The molecule has 0 fully saturated rings. The lowest BCUT2D eigenvalue weighted by molar-refractivity contribution is -0.122. The second kappa shape index (κ2) is 8.50. The summed E-state index contributed by atoms with van der Waals surface area (Å²) in [5.41, 5.74) is 4.34. The molecule has 4 rings (SSSR count). The fourth-order valence-corrected chi connectivity index (χ4v) is 4.05. The van der Waals surface area contributed by atoms with Crippen molar-refractivity contribution < 1.29 is 9.53 Å². The smallest absolute Gasteiger partial charge is 0.234 e. The summed E-state index contributed by atoms with van der Waals surface area (Å²) < 4.78 is 5.21. The lowest BCUT2D eigenvalue weighted by Crippen LogP contribution is -2.41. The fourth-order valence-electron chi connectivity index (χ4n) is 3.89. The van der Waals surface area contributed by atoms with Crippen LogP contribution in [0.15, 0.2) is 41.2 Å². The number of aromatic nitrogens is 1. The van der Waals surface area contributed by atoms with Crippen molar-refractivity contribution in [1.82, 2.24) is 15.2 Å². The second-order valence-corrected chi connectivity index (χ2v) is 8.00. The quantitative estimate of drug-likeness (QED) is 0.658. The molecule has 1 aliphatic heterocycles. The van der Waals surface area contributed by atoms with Gasteiger partial charge >= 0.3 is 0 Å². The van der Waals surface area contributed by atoms with E-state index in [0.29, 0.717) is 36.5 Å². The minimum Gasteiger partial charge on any atom is -0.497 e. The molecule has 3 aromatic rings. The first-order chi connectivity index (χ1) is 14.5. The summed E-state index contributed by atoms with van der Waals surface area (Å²) in [6.45, 7) is 3.76. The van der Waals surface area contributed by atoms with E-state index in [1.165, 1.54) is 0 Å². The van der Waals surface area contributed by atoms with Gasteiger partial charge in [0, 0.05) is 47.7 Å². The van der Waals surface area contributed by atoms with Gasteiger partial charge in [0.15, 0.2) is 5.43 Å². The molecule has 30 heavy (non-hydrogen) atoms. The average Bonchev–Trinajstić information content (AvgIpc) is 2.76. The molecule has 2 heterocycles. The van der Waals surface area contributed by atoms with Crippen LogP contribution in [0.25, 0.3) is 10.9 Å². The molecule has 0 atom stereocenters. The number of aryl methyl sites for hydroxylation is 1. The Morgan fingerprint density at radius 3 is 2.93 bits per heavy atom. The molecule has 0 spiro atoms. The Morgan fingerprint density at radius 1 is 1.30 bits per heavy atom. The number of ether oxygens (including phenoxy) is 1. The van der Waals surface area contributed by atoms with E-state index >= 15 is 0 Å². The summed E-state index contributed by atoms with van der Waals surface area (Å²) in [5.74, 6) is 0.693. The van der Waals surface area contributed by atoms with Crippen molar-refractivity contribution in [2.45, 2.75) is 26.4 Å². The molecule has 1 aliphatic rings. The zero-order valence-electron chi connectivity index (χ0n) is 17.0. The van der Waals surface area contributed by atoms with E-state index in [4.69, 9.17) is 16.3 Å². The average molecular weight is 426 g/mol. The van der Waals surface area contributed by atoms with Crippen molar-refractivity contribution in [3.05, 3.63) is 74.0 Å². The van der Waals surface area contributed by atoms with E-state index in [-0.39, 0.29) is 17.9 Å². The molecule has 1 aromatic heterocycles. The fraction of sp³-hybridized carbons (Fsp3) is 0.304. The molecule has 2 N–H and O–H groups in total. The van der Waals surface area contributed by atoms with Crippen LogP contribution in [0.5, 0.6) is 5.75 Å². The maximum absolute atomic E-state index is 13.0. The van der Waals surface area contributed by atoms with Crippen molar-refractivity contribution in [3.8, 4) is 5.75 Å². The van der Waals surface area contributed by atoms with Gasteiger partial charge in [-0.05, 0) is 42.3 Å². The van der Waals surface area contributed by atoms with Gasteiger partial charge in [0.05, 0.1) is 19.2 Å². The van der Waals surface area contributed by atoms with Gasteiger partial charge in [-0.2, -0.15) is 0 Å². The van der Waals surface area contributed by atoms with Gasteiger partial charge in [0.25, 0.3) is 0 Å². The highest BCUT2D eigenvalue weighted by Gasteiger charge is 2.23. The number of pyridine rings is 1. The Morgan fingerprint density at radius 2 is 2.13 bits per heavy atom. The summed E-state index contributed by atoms with van der Waals surface area (Å²) >= 11 is 6.21. The number of aromatic amines is 1. The molecule has 1 amide bonds. The molecule has 2 aromatic carbocycles. The van der Waals surface area contributed by atoms with Crippen LogP contribution < -0.4 is 15.5 Å². The van der Waals surface area contributed by atoms with Crippen LogP contribution in [0.2, 0.25) is 5.02 Å². The molecule has 0 saturated heterocycles. The van der Waals surface area contributed by atoms with Gasteiger partial charge in [0.1, 0.15) is 5.75 Å². The number of methoxy groups -OCH3 is 1. The Kier molecular flexibility index (Phi) is 5.79. The summed E-state index contributed by atoms with van der Waals surface area (Å²) in [6.07, 6.45) is 0.690. The van der Waals surface area contributed by atoms with E-state index < -0.39 is 0 Å². The van der Waals surface area contributed by atoms with Crippen molar-refractivity contribution in [1.29, 1.82) is 0 Å². The Hall–Kier alpha value is -2.83. The molecule has 0 saturated carbocycles. The molecule has 7 heteroatoms. The normalized spacial score (nSPS) is 13.8. The molecule has 6 nitrogen and oxygen atoms in total. The number of amides is 1. The lowest BCUT2D eigenvalue weighted by atomic mass is 10.0. The highest BCUT2D eigenvalue weighted by atomic mass is 35.5. The number of carbonyl (C=O) groups is 1. The van der Waals surface area contributed by atoms with Gasteiger partial charge in [0.2, 0.25) is 5.91 Å². The third-order valence-corrected chi connectivity index (χ3v) is 6.02. The number of fused-ring (bicyclic) bond motifs is 2. The van der Waals surface area contributed by atoms with E-state index in [0.717, 1.165) is 33.7 Å². The van der Waals surface area contributed by atoms with Crippen LogP contribution in [0, 0.1) is 6.92 Å². The van der Waals surface area contributed by atoms with Crippen LogP contribution >= 0.6 is 11.6 Å². The van der Waals surface area contributed by atoms with Crippen LogP contribution in [-0.2, 0) is 24.3 Å². The van der Waals surface area contributed by atoms with Crippen molar-refractivity contribution in [2.24, 2.45) is 0 Å². The van der Waals surface area contributed by atoms with Crippen molar-refractivity contribution in [3.63, 3.8) is 0 Å². The maximum Gasteiger partial charge on any atom is 0.234 e. The number of carbonyl (C=O) groups excluding carboxylic acids is 1. The van der Waals surface area contributed by atoms with E-state index in [9.17, 15) is 9.59 Å². The third-order valence-electron chi connectivity index (χ3n) is 5.61. The van der Waals surface area contributed by atoms with Gasteiger partial charge < -0.3 is 15.0 Å². The number of rotatable bonds is 5. The molecule has 0 radical (unpaired) electrons. The first-order valence-electron chi connectivity index (χ1n) is 9.91. The minimum absolute atomic E-state index is 0.0139. The second-order valence-electron chi connectivity index (χ2n) is 7.60. The van der Waals surface area contributed by atoms with Crippen LogP contribution in [-0.4, -0.2) is 36.0 Å². The number of hydrogen-bond acceptors (Lipinski definition) is 4. The van der Waals surface area contributed by atoms with E-state index in [1.807, 2.05) is 36.1 Å². The monoisotopic (exact) mass is 425 g/mol. The molecule has 0 unspecified atom stereocenters. The standard InChI is InChI=1S/C23H24ClN3O3/c1-14-19(24)7-6-17-22(14)26-20-8-9-27(12-18(20)23(17)29)13-21(28)25-11-15-4-3-5-16(10-15)30-2/h3-7,10H,8-9,11-13H2,1-2H3,(H,25,28)(H,26,29).